The summed E-state index contributed by atoms with van der Waals surface area (Å²) < 4.78 is 0. The summed E-state index contributed by atoms with van der Waals surface area (Å²) in [5.74, 6) is -0.478. The zero-order valence-corrected chi connectivity index (χ0v) is 8.49. The van der Waals surface area contributed by atoms with Crippen molar-refractivity contribution < 1.29 is 9.90 Å². The molecular weight excluding hydrogens is 216 g/mol. The zero-order valence-electron chi connectivity index (χ0n) is 7.68. The van der Waals surface area contributed by atoms with Crippen LogP contribution in [0.1, 0.15) is 10.4 Å². The number of pyridine rings is 1. The van der Waals surface area contributed by atoms with Crippen LogP contribution < -0.4 is 5.73 Å². The number of nitrogens with zero attached hydrogens (tertiary/aromatic N) is 1. The lowest BCUT2D eigenvalue weighted by molar-refractivity contribution is 0.100. The molecule has 0 spiro atoms. The molecule has 0 saturated heterocycles. The molecule has 2 rings (SSSR count). The van der Waals surface area contributed by atoms with Crippen LogP contribution in [-0.4, -0.2) is 16.0 Å². The quantitative estimate of drug-likeness (QED) is 0.770. The van der Waals surface area contributed by atoms with Crippen LogP contribution in [-0.2, 0) is 0 Å². The number of carbonyl (C=O) groups excluding carboxylic acids is 1. The van der Waals surface area contributed by atoms with Crippen molar-refractivity contribution in [3.8, 4) is 5.75 Å². The van der Waals surface area contributed by atoms with Gasteiger partial charge in [0.2, 0.25) is 5.91 Å². The molecule has 0 bridgehead atoms. The lowest BCUT2D eigenvalue weighted by Gasteiger charge is -2.03. The number of aromatic hydroxyl groups is 1. The highest BCUT2D eigenvalue weighted by Crippen LogP contribution is 2.24. The monoisotopic (exact) mass is 224 g/mol. The molecule has 0 aliphatic heterocycles. The number of nitrogens with two attached hydrogens (primary N) is 1. The molecule has 1 amide bonds. The Hall–Kier alpha value is -1.81. The highest BCUT2D eigenvalue weighted by atomic mass is 35.5. The van der Waals surface area contributed by atoms with E-state index in [1.165, 1.54) is 12.1 Å². The van der Waals surface area contributed by atoms with Gasteiger partial charge in [-0.25, -0.2) is 0 Å². The average molecular weight is 225 g/mol. The molecule has 4 nitrogen and oxygen atoms in total. The summed E-state index contributed by atoms with van der Waals surface area (Å²) in [5, 5.41) is 10.0. The van der Waals surface area contributed by atoms with Gasteiger partial charge in [0.05, 0.1) is 0 Å². The van der Waals surface area contributed by atoms with Crippen molar-refractivity contribution in [1.29, 1.82) is 0 Å². The van der Waals surface area contributed by atoms with Gasteiger partial charge < -0.3 is 10.8 Å². The van der Waals surface area contributed by atoms with Crippen molar-refractivity contribution in [3.63, 3.8) is 0 Å². The Labute approximate surface area is 92.1 Å². The summed E-state index contributed by atoms with van der Waals surface area (Å²) in [6, 6.07) is 6.29. The van der Waals surface area contributed by atoms with E-state index in [1.807, 2.05) is 0 Å². The van der Waals surface area contributed by atoms with Gasteiger partial charge in [-0.3, -0.25) is 9.78 Å². The third kappa shape index (κ3) is 1.85. The first-order valence-electron chi connectivity index (χ1n) is 4.06. The SMILES string of the molecule is Cl.NC(=O)c1ccc(O)c2ncccc12. The molecule has 0 fully saturated rings. The van der Waals surface area contributed by atoms with E-state index in [1.54, 1.807) is 18.3 Å². The highest BCUT2D eigenvalue weighted by molar-refractivity contribution is 6.06. The summed E-state index contributed by atoms with van der Waals surface area (Å²) in [5.41, 5.74) is 5.94. The maximum atomic E-state index is 11.0. The lowest BCUT2D eigenvalue weighted by atomic mass is 10.1. The van der Waals surface area contributed by atoms with Gasteiger partial charge in [-0.2, -0.15) is 0 Å². The van der Waals surface area contributed by atoms with Gasteiger partial charge in [0.15, 0.2) is 0 Å². The minimum atomic E-state index is -0.525. The largest absolute Gasteiger partial charge is 0.506 e. The number of fused-ring (bicyclic) bond motifs is 1. The second-order valence-electron chi connectivity index (χ2n) is 2.90. The minimum Gasteiger partial charge on any atom is -0.506 e. The fourth-order valence-electron chi connectivity index (χ4n) is 1.37. The number of carbonyl (C=O) groups is 1. The fourth-order valence-corrected chi connectivity index (χ4v) is 1.37. The van der Waals surface area contributed by atoms with Crippen molar-refractivity contribution >= 4 is 29.2 Å². The Balaban J connectivity index is 0.00000112. The Morgan fingerprint density at radius 2 is 2.07 bits per heavy atom. The predicted octanol–water partition coefficient (Wildman–Crippen LogP) is 1.46. The fraction of sp³-hybridized carbons (Fsp3) is 0. The van der Waals surface area contributed by atoms with E-state index in [0.717, 1.165) is 0 Å². The summed E-state index contributed by atoms with van der Waals surface area (Å²) in [4.78, 5) is 15.0. The number of phenolic OH excluding ortho intramolecular Hbond substituents is 1. The number of benzene rings is 1. The van der Waals surface area contributed by atoms with Crippen LogP contribution in [0.15, 0.2) is 30.5 Å². The van der Waals surface area contributed by atoms with E-state index in [-0.39, 0.29) is 18.2 Å². The standard InChI is InChI=1S/C10H8N2O2.ClH/c11-10(14)7-3-4-8(13)9-6(7)2-1-5-12-9;/h1-5,13H,(H2,11,14);1H. The molecule has 0 aliphatic carbocycles. The van der Waals surface area contributed by atoms with Crippen molar-refractivity contribution in [2.45, 2.75) is 0 Å². The molecule has 1 aromatic heterocycles. The van der Waals surface area contributed by atoms with Crippen LogP contribution in [0.2, 0.25) is 0 Å². The molecular formula is C10H9ClN2O2. The zero-order chi connectivity index (χ0) is 10.1. The summed E-state index contributed by atoms with van der Waals surface area (Å²) in [6.45, 7) is 0. The maximum Gasteiger partial charge on any atom is 0.249 e. The summed E-state index contributed by atoms with van der Waals surface area (Å²) in [7, 11) is 0. The smallest absolute Gasteiger partial charge is 0.249 e. The summed E-state index contributed by atoms with van der Waals surface area (Å²) in [6.07, 6.45) is 1.55. The highest BCUT2D eigenvalue weighted by Gasteiger charge is 2.09. The second-order valence-corrected chi connectivity index (χ2v) is 2.90. The summed E-state index contributed by atoms with van der Waals surface area (Å²) >= 11 is 0. The Morgan fingerprint density at radius 1 is 1.33 bits per heavy atom. The molecule has 1 heterocycles. The van der Waals surface area contributed by atoms with Crippen molar-refractivity contribution in [2.75, 3.05) is 0 Å². The Bertz CT molecular complexity index is 514. The van der Waals surface area contributed by atoms with Gasteiger partial charge >= 0.3 is 0 Å². The van der Waals surface area contributed by atoms with Crippen LogP contribution in [0.4, 0.5) is 0 Å². The average Bonchev–Trinajstić information content (AvgIpc) is 2.18. The molecule has 1 aromatic carbocycles. The number of hydrogen-bond donors (Lipinski definition) is 2. The molecule has 2 aromatic rings. The number of phenols is 1. The molecule has 78 valence electrons. The molecule has 5 heteroatoms. The third-order valence-corrected chi connectivity index (χ3v) is 2.01. The third-order valence-electron chi connectivity index (χ3n) is 2.01. The molecule has 0 saturated carbocycles. The van der Waals surface area contributed by atoms with Crippen molar-refractivity contribution in [1.82, 2.24) is 4.98 Å². The molecule has 15 heavy (non-hydrogen) atoms. The first kappa shape index (κ1) is 11.3. The second kappa shape index (κ2) is 4.14. The van der Waals surface area contributed by atoms with Gasteiger partial charge in [0.25, 0.3) is 0 Å². The van der Waals surface area contributed by atoms with E-state index >= 15 is 0 Å². The van der Waals surface area contributed by atoms with E-state index in [0.29, 0.717) is 16.5 Å². The first-order valence-corrected chi connectivity index (χ1v) is 4.06. The van der Waals surface area contributed by atoms with Gasteiger partial charge in [-0.1, -0.05) is 6.07 Å². The number of halogens is 1. The maximum absolute atomic E-state index is 11.0. The van der Waals surface area contributed by atoms with Gasteiger partial charge in [-0.05, 0) is 18.2 Å². The van der Waals surface area contributed by atoms with Gasteiger partial charge in [0.1, 0.15) is 11.3 Å². The normalized spacial score (nSPS) is 9.60. The van der Waals surface area contributed by atoms with E-state index in [4.69, 9.17) is 5.73 Å². The molecule has 0 aliphatic rings. The molecule has 0 atom stereocenters. The van der Waals surface area contributed by atoms with Gasteiger partial charge in [0, 0.05) is 17.1 Å². The Morgan fingerprint density at radius 3 is 2.73 bits per heavy atom. The lowest BCUT2D eigenvalue weighted by Crippen LogP contribution is -2.11. The molecule has 3 N–H and O–H groups in total. The number of aromatic nitrogens is 1. The number of rotatable bonds is 1. The van der Waals surface area contributed by atoms with Crippen LogP contribution >= 0.6 is 12.4 Å². The minimum absolute atomic E-state index is 0. The number of primary amides is 1. The first-order chi connectivity index (χ1) is 6.70. The van der Waals surface area contributed by atoms with Crippen molar-refractivity contribution in [2.24, 2.45) is 5.73 Å². The Kier molecular flexibility index (Phi) is 3.11. The van der Waals surface area contributed by atoms with Crippen LogP contribution in [0.5, 0.6) is 5.75 Å². The van der Waals surface area contributed by atoms with Crippen molar-refractivity contribution in [3.05, 3.63) is 36.0 Å². The van der Waals surface area contributed by atoms with E-state index in [9.17, 15) is 9.90 Å². The van der Waals surface area contributed by atoms with Crippen LogP contribution in [0.25, 0.3) is 10.9 Å². The predicted molar refractivity (Wildman–Crippen MR) is 59.2 cm³/mol. The van der Waals surface area contributed by atoms with E-state index in [2.05, 4.69) is 4.98 Å². The van der Waals surface area contributed by atoms with Crippen LogP contribution in [0.3, 0.4) is 0 Å². The number of hydrogen-bond acceptors (Lipinski definition) is 3. The topological polar surface area (TPSA) is 76.2 Å². The molecule has 0 radical (unpaired) electrons. The van der Waals surface area contributed by atoms with E-state index < -0.39 is 5.91 Å². The number of amides is 1. The van der Waals surface area contributed by atoms with Crippen LogP contribution in [0, 0.1) is 0 Å². The van der Waals surface area contributed by atoms with Gasteiger partial charge in [-0.15, -0.1) is 12.4 Å². The molecule has 0 unspecified atom stereocenters.